The van der Waals surface area contributed by atoms with Gasteiger partial charge in [-0.15, -0.1) is 0 Å². The van der Waals surface area contributed by atoms with Gasteiger partial charge >= 0.3 is 0 Å². The van der Waals surface area contributed by atoms with Crippen molar-refractivity contribution in [1.82, 2.24) is 14.5 Å². The molecular formula is C14H21ClN4O4S. The molecule has 10 heteroatoms. The third-order valence-corrected chi connectivity index (χ3v) is 5.74. The number of hydrogen-bond acceptors (Lipinski definition) is 6. The highest BCUT2D eigenvalue weighted by Crippen LogP contribution is 2.26. The number of nitro benzene ring substituents is 1. The molecule has 0 amide bonds. The highest BCUT2D eigenvalue weighted by molar-refractivity contribution is 7.89. The molecule has 1 aliphatic rings. The van der Waals surface area contributed by atoms with E-state index >= 15 is 0 Å². The van der Waals surface area contributed by atoms with Crippen LogP contribution in [0, 0.1) is 10.1 Å². The van der Waals surface area contributed by atoms with Gasteiger partial charge in [-0.25, -0.2) is 13.1 Å². The molecular weight excluding hydrogens is 356 g/mol. The van der Waals surface area contributed by atoms with Crippen molar-refractivity contribution in [3.8, 4) is 0 Å². The van der Waals surface area contributed by atoms with E-state index in [1.54, 1.807) is 0 Å². The predicted octanol–water partition coefficient (Wildman–Crippen LogP) is 1.16. The number of nitro groups is 1. The molecule has 2 rings (SSSR count). The van der Waals surface area contributed by atoms with E-state index in [-0.39, 0.29) is 16.5 Å². The molecule has 1 aromatic rings. The summed E-state index contributed by atoms with van der Waals surface area (Å²) in [6.07, 6.45) is 0.679. The lowest BCUT2D eigenvalue weighted by atomic mass is 10.3. The van der Waals surface area contributed by atoms with Crippen molar-refractivity contribution in [2.75, 3.05) is 46.3 Å². The average molecular weight is 377 g/mol. The molecule has 0 unspecified atom stereocenters. The number of benzene rings is 1. The van der Waals surface area contributed by atoms with Crippen LogP contribution in [0.4, 0.5) is 5.69 Å². The zero-order valence-electron chi connectivity index (χ0n) is 13.4. The Morgan fingerprint density at radius 2 is 1.96 bits per heavy atom. The van der Waals surface area contributed by atoms with E-state index in [9.17, 15) is 18.5 Å². The molecule has 1 heterocycles. The van der Waals surface area contributed by atoms with E-state index in [1.165, 1.54) is 12.1 Å². The van der Waals surface area contributed by atoms with E-state index in [0.29, 0.717) is 6.42 Å². The second-order valence-electron chi connectivity index (χ2n) is 5.77. The standard InChI is InChI=1S/C14H21ClN4O4S/c1-17-7-9-18(10-8-17)6-2-5-16-24(22,23)12-3-4-13(15)14(11-12)19(20)21/h3-4,11,16H,2,5-10H2,1H3. The van der Waals surface area contributed by atoms with Crippen LogP contribution in [0.3, 0.4) is 0 Å². The van der Waals surface area contributed by atoms with Crippen LogP contribution in [0.1, 0.15) is 6.42 Å². The van der Waals surface area contributed by atoms with Gasteiger partial charge in [0.1, 0.15) is 5.02 Å². The largest absolute Gasteiger partial charge is 0.304 e. The minimum Gasteiger partial charge on any atom is -0.304 e. The minimum atomic E-state index is -3.78. The van der Waals surface area contributed by atoms with Crippen LogP contribution in [0.2, 0.25) is 5.02 Å². The van der Waals surface area contributed by atoms with E-state index in [1.807, 2.05) is 0 Å². The molecule has 1 saturated heterocycles. The molecule has 0 aliphatic carbocycles. The number of nitrogens with zero attached hydrogens (tertiary/aromatic N) is 3. The van der Waals surface area contributed by atoms with Gasteiger partial charge in [-0.3, -0.25) is 10.1 Å². The van der Waals surface area contributed by atoms with Gasteiger partial charge in [-0.1, -0.05) is 11.6 Å². The fourth-order valence-electron chi connectivity index (χ4n) is 2.46. The molecule has 0 aromatic heterocycles. The molecule has 1 N–H and O–H groups in total. The number of halogens is 1. The SMILES string of the molecule is CN1CCN(CCCNS(=O)(=O)c2ccc(Cl)c([N+](=O)[O-])c2)CC1. The second kappa shape index (κ2) is 8.21. The summed E-state index contributed by atoms with van der Waals surface area (Å²) in [6, 6.07) is 3.46. The first-order chi connectivity index (χ1) is 11.3. The van der Waals surface area contributed by atoms with Gasteiger partial charge in [0.25, 0.3) is 5.69 Å². The van der Waals surface area contributed by atoms with Crippen LogP contribution >= 0.6 is 11.6 Å². The highest BCUT2D eigenvalue weighted by Gasteiger charge is 2.20. The van der Waals surface area contributed by atoms with Gasteiger partial charge in [0, 0.05) is 38.8 Å². The summed E-state index contributed by atoms with van der Waals surface area (Å²) >= 11 is 5.70. The molecule has 0 atom stereocenters. The maximum Gasteiger partial charge on any atom is 0.289 e. The first-order valence-corrected chi connectivity index (χ1v) is 9.50. The third-order valence-electron chi connectivity index (χ3n) is 3.96. The van der Waals surface area contributed by atoms with Crippen molar-refractivity contribution in [3.63, 3.8) is 0 Å². The second-order valence-corrected chi connectivity index (χ2v) is 7.94. The summed E-state index contributed by atoms with van der Waals surface area (Å²) in [5.74, 6) is 0. The Hall–Kier alpha value is -1.26. The fraction of sp³-hybridized carbons (Fsp3) is 0.571. The number of sulfonamides is 1. The summed E-state index contributed by atoms with van der Waals surface area (Å²) in [4.78, 5) is 14.6. The Bertz CT molecular complexity index is 690. The lowest BCUT2D eigenvalue weighted by Crippen LogP contribution is -2.45. The van der Waals surface area contributed by atoms with Gasteiger partial charge in [-0.05, 0) is 32.1 Å². The van der Waals surface area contributed by atoms with Gasteiger partial charge in [0.2, 0.25) is 10.0 Å². The Morgan fingerprint density at radius 3 is 2.58 bits per heavy atom. The molecule has 0 radical (unpaired) electrons. The first kappa shape index (κ1) is 19.1. The monoisotopic (exact) mass is 376 g/mol. The maximum atomic E-state index is 12.2. The Labute approximate surface area is 146 Å². The summed E-state index contributed by atoms with van der Waals surface area (Å²) < 4.78 is 26.9. The summed E-state index contributed by atoms with van der Waals surface area (Å²) in [5.41, 5.74) is -0.419. The van der Waals surface area contributed by atoms with Gasteiger partial charge in [-0.2, -0.15) is 0 Å². The average Bonchev–Trinajstić information content (AvgIpc) is 2.53. The van der Waals surface area contributed by atoms with Crippen molar-refractivity contribution in [2.24, 2.45) is 0 Å². The molecule has 24 heavy (non-hydrogen) atoms. The van der Waals surface area contributed by atoms with Crippen LogP contribution in [-0.4, -0.2) is 69.5 Å². The number of nitrogens with one attached hydrogen (secondary N) is 1. The molecule has 1 fully saturated rings. The zero-order chi connectivity index (χ0) is 17.7. The number of hydrogen-bond donors (Lipinski definition) is 1. The molecule has 8 nitrogen and oxygen atoms in total. The van der Waals surface area contributed by atoms with E-state index in [4.69, 9.17) is 11.6 Å². The van der Waals surface area contributed by atoms with Crippen LogP contribution in [0.25, 0.3) is 0 Å². The van der Waals surface area contributed by atoms with Gasteiger partial charge in [0.05, 0.1) is 9.82 Å². The Morgan fingerprint density at radius 1 is 1.29 bits per heavy atom. The fourth-order valence-corrected chi connectivity index (χ4v) is 3.74. The molecule has 1 aromatic carbocycles. The van der Waals surface area contributed by atoms with Crippen LogP contribution in [0.15, 0.2) is 23.1 Å². The Balaban J connectivity index is 1.87. The molecule has 134 valence electrons. The molecule has 0 saturated carbocycles. The summed E-state index contributed by atoms with van der Waals surface area (Å²) in [5, 5.41) is 10.8. The molecule has 0 bridgehead atoms. The van der Waals surface area contributed by atoms with Gasteiger partial charge in [0.15, 0.2) is 0 Å². The molecule has 0 spiro atoms. The topological polar surface area (TPSA) is 95.8 Å². The van der Waals surface area contributed by atoms with Gasteiger partial charge < -0.3 is 9.80 Å². The highest BCUT2D eigenvalue weighted by atomic mass is 35.5. The molecule has 1 aliphatic heterocycles. The zero-order valence-corrected chi connectivity index (χ0v) is 15.0. The van der Waals surface area contributed by atoms with Crippen molar-refractivity contribution < 1.29 is 13.3 Å². The lowest BCUT2D eigenvalue weighted by Gasteiger charge is -2.32. The summed E-state index contributed by atoms with van der Waals surface area (Å²) in [6.45, 7) is 5.09. The predicted molar refractivity (Wildman–Crippen MR) is 91.8 cm³/mol. The normalized spacial score (nSPS) is 17.1. The summed E-state index contributed by atoms with van der Waals surface area (Å²) in [7, 11) is -1.70. The van der Waals surface area contributed by atoms with E-state index in [2.05, 4.69) is 21.6 Å². The van der Waals surface area contributed by atoms with Crippen LogP contribution in [0.5, 0.6) is 0 Å². The Kier molecular flexibility index (Phi) is 6.53. The van der Waals surface area contributed by atoms with Crippen molar-refractivity contribution in [2.45, 2.75) is 11.3 Å². The van der Waals surface area contributed by atoms with Crippen LogP contribution < -0.4 is 4.72 Å². The number of piperazine rings is 1. The number of rotatable bonds is 7. The van der Waals surface area contributed by atoms with Crippen LogP contribution in [-0.2, 0) is 10.0 Å². The first-order valence-electron chi connectivity index (χ1n) is 7.64. The third kappa shape index (κ3) is 5.12. The quantitative estimate of drug-likeness (QED) is 0.436. The van der Waals surface area contributed by atoms with E-state index in [0.717, 1.165) is 38.8 Å². The lowest BCUT2D eigenvalue weighted by molar-refractivity contribution is -0.384. The van der Waals surface area contributed by atoms with Crippen molar-refractivity contribution >= 4 is 27.3 Å². The number of likely N-dealkylation sites (N-methyl/N-ethyl adjacent to an activating group) is 1. The van der Waals surface area contributed by atoms with Crippen molar-refractivity contribution in [1.29, 1.82) is 0 Å². The minimum absolute atomic E-state index is 0.0889. The van der Waals surface area contributed by atoms with Crippen molar-refractivity contribution in [3.05, 3.63) is 33.3 Å². The smallest absolute Gasteiger partial charge is 0.289 e. The maximum absolute atomic E-state index is 12.2. The van der Waals surface area contributed by atoms with E-state index < -0.39 is 20.6 Å².